The van der Waals surface area contributed by atoms with Crippen LogP contribution < -0.4 is 10.6 Å². The van der Waals surface area contributed by atoms with Gasteiger partial charge in [0, 0.05) is 46.9 Å². The first-order chi connectivity index (χ1) is 17.0. The van der Waals surface area contributed by atoms with Gasteiger partial charge in [0.1, 0.15) is 10.6 Å². The van der Waals surface area contributed by atoms with Crippen LogP contribution in [0.15, 0.2) is 68.5 Å². The van der Waals surface area contributed by atoms with Crippen LogP contribution in [0.4, 0.5) is 11.4 Å². The standard InChI is InChI=1S/C26H28BrN3O4S/c1-34-16-4-15-30-25(32)22(28-19-9-7-18(27)8-10-19)23(26(30)33)35-21-13-11-20(12-14-21)29-24(31)17-5-2-3-6-17/h7-14,17,28H,2-6,15-16H2,1H3,(H,29,31). The number of halogens is 1. The van der Waals surface area contributed by atoms with Gasteiger partial charge in [0.2, 0.25) is 5.91 Å². The number of benzene rings is 2. The second-order valence-electron chi connectivity index (χ2n) is 8.54. The van der Waals surface area contributed by atoms with Crippen molar-refractivity contribution >= 4 is 56.8 Å². The first-order valence-electron chi connectivity index (χ1n) is 11.7. The van der Waals surface area contributed by atoms with E-state index in [9.17, 15) is 14.4 Å². The third-order valence-corrected chi connectivity index (χ3v) is 7.66. The summed E-state index contributed by atoms with van der Waals surface area (Å²) in [6.07, 6.45) is 4.66. The number of thioether (sulfide) groups is 1. The van der Waals surface area contributed by atoms with E-state index < -0.39 is 0 Å². The summed E-state index contributed by atoms with van der Waals surface area (Å²) in [7, 11) is 1.59. The minimum absolute atomic E-state index is 0.0647. The zero-order chi connectivity index (χ0) is 24.8. The van der Waals surface area contributed by atoms with E-state index in [1.165, 1.54) is 16.7 Å². The molecule has 0 saturated heterocycles. The lowest BCUT2D eigenvalue weighted by atomic mass is 10.1. The molecule has 2 N–H and O–H groups in total. The fourth-order valence-electron chi connectivity index (χ4n) is 4.16. The molecule has 2 aromatic rings. The number of carbonyl (C=O) groups excluding carboxylic acids is 3. The summed E-state index contributed by atoms with van der Waals surface area (Å²) in [4.78, 5) is 41.2. The number of nitrogens with zero attached hydrogens (tertiary/aromatic N) is 1. The highest BCUT2D eigenvalue weighted by Gasteiger charge is 2.38. The van der Waals surface area contributed by atoms with Crippen LogP contribution in [0.2, 0.25) is 0 Å². The van der Waals surface area contributed by atoms with Gasteiger partial charge in [-0.05, 0) is 67.8 Å². The molecular formula is C26H28BrN3O4S. The summed E-state index contributed by atoms with van der Waals surface area (Å²) >= 11 is 4.65. The molecule has 1 saturated carbocycles. The first kappa shape index (κ1) is 25.5. The maximum atomic E-state index is 13.2. The third-order valence-electron chi connectivity index (χ3n) is 6.04. The second kappa shape index (κ2) is 11.9. The normalized spacial score (nSPS) is 16.3. The van der Waals surface area contributed by atoms with Crippen LogP contribution >= 0.6 is 27.7 Å². The summed E-state index contributed by atoms with van der Waals surface area (Å²) in [5.41, 5.74) is 1.70. The zero-order valence-electron chi connectivity index (χ0n) is 19.5. The molecule has 3 amide bonds. The maximum absolute atomic E-state index is 13.2. The van der Waals surface area contributed by atoms with Crippen molar-refractivity contribution in [2.45, 2.75) is 37.0 Å². The molecule has 0 spiro atoms. The van der Waals surface area contributed by atoms with Gasteiger partial charge in [0.05, 0.1) is 0 Å². The van der Waals surface area contributed by atoms with Crippen molar-refractivity contribution in [3.8, 4) is 0 Å². The van der Waals surface area contributed by atoms with Crippen LogP contribution in [0, 0.1) is 5.92 Å². The summed E-state index contributed by atoms with van der Waals surface area (Å²) in [6, 6.07) is 14.8. The number of nitrogens with one attached hydrogen (secondary N) is 2. The van der Waals surface area contributed by atoms with E-state index in [1.54, 1.807) is 7.11 Å². The second-order valence-corrected chi connectivity index (χ2v) is 10.5. The van der Waals surface area contributed by atoms with E-state index in [0.717, 1.165) is 40.7 Å². The van der Waals surface area contributed by atoms with Gasteiger partial charge in [0.15, 0.2) is 0 Å². The predicted molar refractivity (Wildman–Crippen MR) is 141 cm³/mol. The number of anilines is 2. The monoisotopic (exact) mass is 557 g/mol. The van der Waals surface area contributed by atoms with Crippen molar-refractivity contribution in [2.24, 2.45) is 5.92 Å². The van der Waals surface area contributed by atoms with Gasteiger partial charge in [-0.2, -0.15) is 0 Å². The van der Waals surface area contributed by atoms with Gasteiger partial charge in [-0.1, -0.05) is 40.5 Å². The molecule has 1 aliphatic heterocycles. The highest BCUT2D eigenvalue weighted by Crippen LogP contribution is 2.36. The van der Waals surface area contributed by atoms with Gasteiger partial charge in [-0.3, -0.25) is 19.3 Å². The Morgan fingerprint density at radius 1 is 1.03 bits per heavy atom. The third kappa shape index (κ3) is 6.34. The quantitative estimate of drug-likeness (QED) is 0.300. The van der Waals surface area contributed by atoms with Gasteiger partial charge in [-0.15, -0.1) is 0 Å². The smallest absolute Gasteiger partial charge is 0.278 e. The molecule has 2 aromatic carbocycles. The Kier molecular flexibility index (Phi) is 8.64. The lowest BCUT2D eigenvalue weighted by molar-refractivity contribution is -0.137. The van der Waals surface area contributed by atoms with Crippen molar-refractivity contribution in [1.82, 2.24) is 4.90 Å². The number of ether oxygens (including phenoxy) is 1. The van der Waals surface area contributed by atoms with Gasteiger partial charge in [-0.25, -0.2) is 0 Å². The molecule has 2 aliphatic rings. The lowest BCUT2D eigenvalue weighted by Crippen LogP contribution is -2.33. The molecule has 0 radical (unpaired) electrons. The molecule has 0 aromatic heterocycles. The summed E-state index contributed by atoms with van der Waals surface area (Å²) in [5.74, 6) is -0.520. The number of hydrogen-bond acceptors (Lipinski definition) is 6. The highest BCUT2D eigenvalue weighted by atomic mass is 79.9. The number of hydrogen-bond donors (Lipinski definition) is 2. The van der Waals surface area contributed by atoms with E-state index in [0.29, 0.717) is 23.6 Å². The molecule has 35 heavy (non-hydrogen) atoms. The molecule has 184 valence electrons. The van der Waals surface area contributed by atoms with Crippen LogP contribution in [0.1, 0.15) is 32.1 Å². The molecule has 1 heterocycles. The molecule has 0 atom stereocenters. The summed E-state index contributed by atoms with van der Waals surface area (Å²) < 4.78 is 6.00. The Morgan fingerprint density at radius 2 is 1.69 bits per heavy atom. The van der Waals surface area contributed by atoms with E-state index >= 15 is 0 Å². The van der Waals surface area contributed by atoms with Gasteiger partial charge in [0.25, 0.3) is 11.8 Å². The molecule has 4 rings (SSSR count). The predicted octanol–water partition coefficient (Wildman–Crippen LogP) is 5.40. The van der Waals surface area contributed by atoms with E-state index in [1.807, 2.05) is 48.5 Å². The average molecular weight is 558 g/mol. The minimum atomic E-state index is -0.350. The Hall–Kier alpha value is -2.62. The largest absolute Gasteiger partial charge is 0.385 e. The van der Waals surface area contributed by atoms with Crippen LogP contribution in [-0.2, 0) is 19.1 Å². The molecule has 0 bridgehead atoms. The maximum Gasteiger partial charge on any atom is 0.278 e. The number of rotatable bonds is 10. The van der Waals surface area contributed by atoms with Crippen molar-refractivity contribution in [3.05, 3.63) is 63.6 Å². The SMILES string of the molecule is COCCCN1C(=O)C(Nc2ccc(Br)cc2)=C(Sc2ccc(NC(=O)C3CCCC3)cc2)C1=O. The topological polar surface area (TPSA) is 87.7 Å². The molecule has 7 nitrogen and oxygen atoms in total. The number of imide groups is 1. The van der Waals surface area contributed by atoms with Crippen molar-refractivity contribution in [3.63, 3.8) is 0 Å². The Labute approximate surface area is 217 Å². The van der Waals surface area contributed by atoms with Crippen LogP contribution in [0.3, 0.4) is 0 Å². The fraction of sp³-hybridized carbons (Fsp3) is 0.346. The van der Waals surface area contributed by atoms with E-state index in [2.05, 4.69) is 26.6 Å². The van der Waals surface area contributed by atoms with Crippen molar-refractivity contribution in [2.75, 3.05) is 30.9 Å². The van der Waals surface area contributed by atoms with Crippen LogP contribution in [0.25, 0.3) is 0 Å². The van der Waals surface area contributed by atoms with E-state index in [-0.39, 0.29) is 35.9 Å². The van der Waals surface area contributed by atoms with Crippen LogP contribution in [-0.4, -0.2) is 42.9 Å². The average Bonchev–Trinajstić information content (AvgIpc) is 3.47. The number of methoxy groups -OCH3 is 1. The summed E-state index contributed by atoms with van der Waals surface area (Å²) in [5, 5.41) is 6.13. The molecule has 9 heteroatoms. The lowest BCUT2D eigenvalue weighted by Gasteiger charge is -2.14. The Morgan fingerprint density at radius 3 is 2.34 bits per heavy atom. The Balaban J connectivity index is 1.51. The minimum Gasteiger partial charge on any atom is -0.385 e. The van der Waals surface area contributed by atoms with Crippen LogP contribution in [0.5, 0.6) is 0 Å². The van der Waals surface area contributed by atoms with Gasteiger partial charge < -0.3 is 15.4 Å². The molecular weight excluding hydrogens is 530 g/mol. The first-order valence-corrected chi connectivity index (χ1v) is 13.3. The van der Waals surface area contributed by atoms with Crippen molar-refractivity contribution < 1.29 is 19.1 Å². The van der Waals surface area contributed by atoms with Gasteiger partial charge >= 0.3 is 0 Å². The van der Waals surface area contributed by atoms with E-state index in [4.69, 9.17) is 4.74 Å². The fourth-order valence-corrected chi connectivity index (χ4v) is 5.37. The highest BCUT2D eigenvalue weighted by molar-refractivity contribution is 9.10. The van der Waals surface area contributed by atoms with Crippen molar-refractivity contribution in [1.29, 1.82) is 0 Å². The molecule has 0 unspecified atom stereocenters. The summed E-state index contributed by atoms with van der Waals surface area (Å²) in [6.45, 7) is 0.746. The Bertz CT molecular complexity index is 1110. The molecule has 1 fully saturated rings. The zero-order valence-corrected chi connectivity index (χ0v) is 21.9. The molecule has 1 aliphatic carbocycles. The number of carbonyl (C=O) groups is 3. The number of amides is 3.